The van der Waals surface area contributed by atoms with Gasteiger partial charge < -0.3 is 20.3 Å². The molecule has 0 spiro atoms. The first-order chi connectivity index (χ1) is 15.8. The lowest BCUT2D eigenvalue weighted by Crippen LogP contribution is -2.44. The second kappa shape index (κ2) is 14.1. The molecule has 1 aliphatic heterocycles. The van der Waals surface area contributed by atoms with Crippen molar-refractivity contribution in [2.75, 3.05) is 19.6 Å². The molecule has 0 bridgehead atoms. The van der Waals surface area contributed by atoms with Gasteiger partial charge in [-0.2, -0.15) is 0 Å². The van der Waals surface area contributed by atoms with Gasteiger partial charge in [0.25, 0.3) is 0 Å². The molecule has 7 heteroatoms. The fraction of sp³-hybridized carbons (Fsp3) is 0.385. The molecule has 0 aromatic heterocycles. The van der Waals surface area contributed by atoms with E-state index in [9.17, 15) is 9.59 Å². The standard InChI is InChI=1S/C22H30N2O.C4H4O4/c1-18(2)16-24(20-11-13-23-14-12-20)17-19-7-6-10-22(15-19)25-21-8-4-3-5-9-21;5-3(6)1-2-4(7)8/h3-10,15,18,20,23H,11-14,16-17H2,1-2H3;1-2H,(H,5,6)(H,7,8)/b;2-1+. The summed E-state index contributed by atoms with van der Waals surface area (Å²) in [6.07, 6.45) is 3.60. The van der Waals surface area contributed by atoms with Crippen LogP contribution >= 0.6 is 0 Å². The van der Waals surface area contributed by atoms with Gasteiger partial charge in [0.2, 0.25) is 0 Å². The van der Waals surface area contributed by atoms with Crippen molar-refractivity contribution in [2.45, 2.75) is 39.3 Å². The number of carbonyl (C=O) groups is 2. The van der Waals surface area contributed by atoms with Crippen LogP contribution in [0.5, 0.6) is 11.5 Å². The quantitative estimate of drug-likeness (QED) is 0.483. The van der Waals surface area contributed by atoms with Crippen molar-refractivity contribution in [3.05, 3.63) is 72.3 Å². The summed E-state index contributed by atoms with van der Waals surface area (Å²) in [7, 11) is 0. The van der Waals surface area contributed by atoms with Gasteiger partial charge in [-0.1, -0.05) is 44.2 Å². The average molecular weight is 455 g/mol. The molecule has 1 heterocycles. The highest BCUT2D eigenvalue weighted by Crippen LogP contribution is 2.24. The number of para-hydroxylation sites is 1. The Morgan fingerprint density at radius 1 is 1.00 bits per heavy atom. The number of hydrogen-bond donors (Lipinski definition) is 3. The first-order valence-electron chi connectivity index (χ1n) is 11.2. The molecule has 0 unspecified atom stereocenters. The average Bonchev–Trinajstić information content (AvgIpc) is 2.79. The van der Waals surface area contributed by atoms with Gasteiger partial charge in [-0.15, -0.1) is 0 Å². The Bertz CT molecular complexity index is 877. The molecule has 33 heavy (non-hydrogen) atoms. The first kappa shape index (κ1) is 26.1. The number of aliphatic carboxylic acids is 2. The Morgan fingerprint density at radius 3 is 2.18 bits per heavy atom. The number of nitrogens with one attached hydrogen (secondary N) is 1. The van der Waals surface area contributed by atoms with E-state index >= 15 is 0 Å². The maximum absolute atomic E-state index is 9.55. The van der Waals surface area contributed by atoms with Gasteiger partial charge in [0.1, 0.15) is 11.5 Å². The summed E-state index contributed by atoms with van der Waals surface area (Å²) in [5.41, 5.74) is 1.33. The summed E-state index contributed by atoms with van der Waals surface area (Å²) in [6.45, 7) is 9.03. The van der Waals surface area contributed by atoms with Crippen molar-refractivity contribution in [1.29, 1.82) is 0 Å². The number of piperidine rings is 1. The molecule has 2 aromatic carbocycles. The molecule has 1 fully saturated rings. The lowest BCUT2D eigenvalue weighted by atomic mass is 10.0. The molecular formula is C26H34N2O5. The minimum atomic E-state index is -1.26. The third-order valence-corrected chi connectivity index (χ3v) is 5.06. The van der Waals surface area contributed by atoms with Crippen molar-refractivity contribution < 1.29 is 24.5 Å². The Kier molecular flexibility index (Phi) is 11.1. The Balaban J connectivity index is 0.000000414. The molecule has 7 nitrogen and oxygen atoms in total. The van der Waals surface area contributed by atoms with E-state index in [-0.39, 0.29) is 0 Å². The molecule has 1 saturated heterocycles. The highest BCUT2D eigenvalue weighted by atomic mass is 16.5. The SMILES string of the molecule is CC(C)CN(Cc1cccc(Oc2ccccc2)c1)C1CCNCC1.O=C(O)/C=C/C(=O)O. The van der Waals surface area contributed by atoms with Crippen molar-refractivity contribution in [1.82, 2.24) is 10.2 Å². The fourth-order valence-corrected chi connectivity index (χ4v) is 3.69. The molecule has 0 atom stereocenters. The van der Waals surface area contributed by atoms with Gasteiger partial charge in [-0.3, -0.25) is 4.90 Å². The third kappa shape index (κ3) is 10.8. The summed E-state index contributed by atoms with van der Waals surface area (Å²) in [5.74, 6) is -0.0333. The smallest absolute Gasteiger partial charge is 0.328 e. The maximum Gasteiger partial charge on any atom is 0.328 e. The van der Waals surface area contributed by atoms with Crippen LogP contribution in [0.15, 0.2) is 66.7 Å². The van der Waals surface area contributed by atoms with Gasteiger partial charge in [0, 0.05) is 31.3 Å². The van der Waals surface area contributed by atoms with Gasteiger partial charge in [-0.25, -0.2) is 9.59 Å². The Morgan fingerprint density at radius 2 is 1.61 bits per heavy atom. The molecular weight excluding hydrogens is 420 g/mol. The fourth-order valence-electron chi connectivity index (χ4n) is 3.69. The van der Waals surface area contributed by atoms with Gasteiger partial charge in [0.05, 0.1) is 0 Å². The maximum atomic E-state index is 9.55. The van der Waals surface area contributed by atoms with E-state index in [4.69, 9.17) is 14.9 Å². The van der Waals surface area contributed by atoms with Crippen molar-refractivity contribution in [3.8, 4) is 11.5 Å². The van der Waals surface area contributed by atoms with Crippen LogP contribution in [-0.2, 0) is 16.1 Å². The number of hydrogen-bond acceptors (Lipinski definition) is 5. The Hall–Kier alpha value is -3.16. The van der Waals surface area contributed by atoms with E-state index in [1.165, 1.54) is 18.4 Å². The van der Waals surface area contributed by atoms with Crippen LogP contribution in [0.1, 0.15) is 32.3 Å². The summed E-state index contributed by atoms with van der Waals surface area (Å²) in [4.78, 5) is 21.8. The molecule has 0 radical (unpaired) electrons. The predicted octanol–water partition coefficient (Wildman–Crippen LogP) is 4.40. The van der Waals surface area contributed by atoms with Crippen molar-refractivity contribution in [2.24, 2.45) is 5.92 Å². The molecule has 3 N–H and O–H groups in total. The molecule has 2 aromatic rings. The number of rotatable bonds is 9. The van der Waals surface area contributed by atoms with E-state index in [0.717, 1.165) is 37.7 Å². The predicted molar refractivity (Wildman–Crippen MR) is 129 cm³/mol. The van der Waals surface area contributed by atoms with Crippen LogP contribution < -0.4 is 10.1 Å². The summed E-state index contributed by atoms with van der Waals surface area (Å²) < 4.78 is 6.00. The third-order valence-electron chi connectivity index (χ3n) is 5.06. The molecule has 0 aliphatic carbocycles. The highest BCUT2D eigenvalue weighted by molar-refractivity contribution is 5.89. The van der Waals surface area contributed by atoms with E-state index in [0.29, 0.717) is 24.1 Å². The summed E-state index contributed by atoms with van der Waals surface area (Å²) in [5, 5.41) is 19.1. The molecule has 178 valence electrons. The van der Waals surface area contributed by atoms with Crippen LogP contribution in [0, 0.1) is 5.92 Å². The summed E-state index contributed by atoms with van der Waals surface area (Å²) >= 11 is 0. The lowest BCUT2D eigenvalue weighted by molar-refractivity contribution is -0.134. The second-order valence-corrected chi connectivity index (χ2v) is 8.38. The second-order valence-electron chi connectivity index (χ2n) is 8.38. The Labute approximate surface area is 195 Å². The zero-order chi connectivity index (χ0) is 24.1. The van der Waals surface area contributed by atoms with Crippen LogP contribution in [-0.4, -0.2) is 52.7 Å². The zero-order valence-corrected chi connectivity index (χ0v) is 19.3. The zero-order valence-electron chi connectivity index (χ0n) is 19.3. The van der Waals surface area contributed by atoms with E-state index in [1.807, 2.05) is 36.4 Å². The monoisotopic (exact) mass is 454 g/mol. The number of carboxylic acids is 2. The largest absolute Gasteiger partial charge is 0.478 e. The number of ether oxygens (including phenoxy) is 1. The van der Waals surface area contributed by atoms with Crippen molar-refractivity contribution >= 4 is 11.9 Å². The topological polar surface area (TPSA) is 99.1 Å². The molecule has 1 aliphatic rings. The number of carboxylic acid groups (broad SMARTS) is 2. The minimum Gasteiger partial charge on any atom is -0.478 e. The van der Waals surface area contributed by atoms with E-state index in [1.54, 1.807) is 0 Å². The number of nitrogens with zero attached hydrogens (tertiary/aromatic N) is 1. The van der Waals surface area contributed by atoms with Crippen molar-refractivity contribution in [3.63, 3.8) is 0 Å². The van der Waals surface area contributed by atoms with Gasteiger partial charge in [0.15, 0.2) is 0 Å². The number of benzene rings is 2. The van der Waals surface area contributed by atoms with E-state index in [2.05, 4.69) is 42.3 Å². The van der Waals surface area contributed by atoms with Crippen LogP contribution in [0.2, 0.25) is 0 Å². The normalized spacial score (nSPS) is 14.2. The first-order valence-corrected chi connectivity index (χ1v) is 11.2. The molecule has 0 saturated carbocycles. The van der Waals surface area contributed by atoms with Crippen LogP contribution in [0.3, 0.4) is 0 Å². The van der Waals surface area contributed by atoms with E-state index < -0.39 is 11.9 Å². The summed E-state index contributed by atoms with van der Waals surface area (Å²) in [6, 6.07) is 19.2. The van der Waals surface area contributed by atoms with Gasteiger partial charge >= 0.3 is 11.9 Å². The molecule has 3 rings (SSSR count). The lowest BCUT2D eigenvalue weighted by Gasteiger charge is -2.36. The van der Waals surface area contributed by atoms with Crippen LogP contribution in [0.25, 0.3) is 0 Å². The molecule has 0 amide bonds. The minimum absolute atomic E-state index is 0.558. The highest BCUT2D eigenvalue weighted by Gasteiger charge is 2.21. The van der Waals surface area contributed by atoms with Crippen LogP contribution in [0.4, 0.5) is 0 Å². The van der Waals surface area contributed by atoms with Gasteiger partial charge in [-0.05, 0) is 61.7 Å².